The average molecular weight is 412 g/mol. The maximum atomic E-state index is 13.2. The number of alkyl halides is 2. The normalized spacial score (nSPS) is 21.7. The number of nitrogens with zero attached hydrogens (tertiary/aromatic N) is 3. The fourth-order valence-corrected chi connectivity index (χ4v) is 3.46. The number of rotatable bonds is 9. The van der Waals surface area contributed by atoms with E-state index in [0.717, 1.165) is 25.7 Å². The first-order chi connectivity index (χ1) is 13.9. The molecule has 1 atom stereocenters. The standard InChI is InChI=1S/C19H26F2N4O4/c20-19(21)10-25(11-19)16-17(28-9-13-4-5-13)24-15(7-22-16)29-18(27)23-14(8-26)6-12-2-1-3-12/h7,12-14,26H,1-6,8-11H2,(H,23,27). The number of anilines is 1. The van der Waals surface area contributed by atoms with Crippen LogP contribution in [-0.2, 0) is 0 Å². The summed E-state index contributed by atoms with van der Waals surface area (Å²) in [5.74, 6) is -1.56. The van der Waals surface area contributed by atoms with Crippen LogP contribution < -0.4 is 19.7 Å². The van der Waals surface area contributed by atoms with Gasteiger partial charge in [0.2, 0.25) is 5.88 Å². The van der Waals surface area contributed by atoms with Crippen LogP contribution in [0.5, 0.6) is 11.8 Å². The smallest absolute Gasteiger partial charge is 0.414 e. The molecule has 29 heavy (non-hydrogen) atoms. The van der Waals surface area contributed by atoms with Gasteiger partial charge in [-0.2, -0.15) is 4.98 Å². The zero-order valence-electron chi connectivity index (χ0n) is 16.1. The minimum absolute atomic E-state index is 0.0790. The van der Waals surface area contributed by atoms with E-state index < -0.39 is 25.1 Å². The van der Waals surface area contributed by atoms with Crippen LogP contribution in [0.1, 0.15) is 38.5 Å². The van der Waals surface area contributed by atoms with Crippen LogP contribution in [0.25, 0.3) is 0 Å². The molecule has 2 saturated carbocycles. The van der Waals surface area contributed by atoms with Crippen molar-refractivity contribution in [2.45, 2.75) is 50.5 Å². The highest BCUT2D eigenvalue weighted by Gasteiger charge is 2.46. The van der Waals surface area contributed by atoms with E-state index in [-0.39, 0.29) is 30.2 Å². The minimum atomic E-state index is -2.75. The second-order valence-electron chi connectivity index (χ2n) is 8.25. The molecule has 3 aliphatic rings. The van der Waals surface area contributed by atoms with Crippen LogP contribution in [0.15, 0.2) is 6.20 Å². The number of amides is 1. The Balaban J connectivity index is 1.38. The minimum Gasteiger partial charge on any atom is -0.475 e. The Morgan fingerprint density at radius 2 is 2.07 bits per heavy atom. The summed E-state index contributed by atoms with van der Waals surface area (Å²) in [4.78, 5) is 21.9. The fraction of sp³-hybridized carbons (Fsp3) is 0.737. The van der Waals surface area contributed by atoms with Crippen molar-refractivity contribution in [2.75, 3.05) is 31.2 Å². The molecule has 0 bridgehead atoms. The summed E-state index contributed by atoms with van der Waals surface area (Å²) in [6, 6.07) is -0.381. The van der Waals surface area contributed by atoms with Crippen molar-refractivity contribution in [1.29, 1.82) is 0 Å². The van der Waals surface area contributed by atoms with E-state index in [2.05, 4.69) is 15.3 Å². The molecule has 0 radical (unpaired) electrons. The number of nitrogens with one attached hydrogen (secondary N) is 1. The highest BCUT2D eigenvalue weighted by Crippen LogP contribution is 2.37. The van der Waals surface area contributed by atoms with Gasteiger partial charge >= 0.3 is 6.09 Å². The first-order valence-electron chi connectivity index (χ1n) is 10.1. The molecule has 3 fully saturated rings. The molecule has 0 spiro atoms. The third-order valence-corrected chi connectivity index (χ3v) is 5.58. The molecule has 1 aromatic rings. The summed E-state index contributed by atoms with van der Waals surface area (Å²) in [5.41, 5.74) is 0. The van der Waals surface area contributed by atoms with Crippen LogP contribution in [0.3, 0.4) is 0 Å². The zero-order chi connectivity index (χ0) is 20.4. The maximum absolute atomic E-state index is 13.2. The van der Waals surface area contributed by atoms with Gasteiger partial charge < -0.3 is 24.8 Å². The van der Waals surface area contributed by atoms with Crippen molar-refractivity contribution in [3.05, 3.63) is 6.20 Å². The third kappa shape index (κ3) is 5.23. The Kier molecular flexibility index (Phi) is 5.71. The Labute approximate surface area is 167 Å². The summed E-state index contributed by atoms with van der Waals surface area (Å²) >= 11 is 0. The Morgan fingerprint density at radius 3 is 2.66 bits per heavy atom. The van der Waals surface area contributed by atoms with Gasteiger partial charge in [0.15, 0.2) is 5.82 Å². The van der Waals surface area contributed by atoms with Gasteiger partial charge in [-0.3, -0.25) is 0 Å². The van der Waals surface area contributed by atoms with Crippen molar-refractivity contribution in [1.82, 2.24) is 15.3 Å². The van der Waals surface area contributed by atoms with E-state index in [1.54, 1.807) is 0 Å². The summed E-state index contributed by atoms with van der Waals surface area (Å²) in [6.07, 6.45) is 6.70. The quantitative estimate of drug-likeness (QED) is 0.643. The van der Waals surface area contributed by atoms with Crippen LogP contribution in [0.2, 0.25) is 0 Å². The number of carbonyl (C=O) groups excluding carboxylic acids is 1. The van der Waals surface area contributed by atoms with Crippen molar-refractivity contribution in [3.8, 4) is 11.8 Å². The third-order valence-electron chi connectivity index (χ3n) is 5.58. The molecule has 4 rings (SSSR count). The molecule has 8 nitrogen and oxygen atoms in total. The molecule has 2 aliphatic carbocycles. The number of aliphatic hydroxyl groups is 1. The van der Waals surface area contributed by atoms with E-state index in [1.165, 1.54) is 17.5 Å². The Bertz CT molecular complexity index is 735. The van der Waals surface area contributed by atoms with Crippen molar-refractivity contribution in [2.24, 2.45) is 11.8 Å². The maximum Gasteiger partial charge on any atom is 0.414 e. The first kappa shape index (κ1) is 20.1. The molecule has 160 valence electrons. The predicted molar refractivity (Wildman–Crippen MR) is 99.4 cm³/mol. The van der Waals surface area contributed by atoms with Gasteiger partial charge in [0, 0.05) is 0 Å². The van der Waals surface area contributed by atoms with Crippen LogP contribution in [0, 0.1) is 11.8 Å². The van der Waals surface area contributed by atoms with E-state index in [1.807, 2.05) is 0 Å². The molecule has 1 saturated heterocycles. The summed E-state index contributed by atoms with van der Waals surface area (Å²) in [6.45, 7) is -0.631. The van der Waals surface area contributed by atoms with Crippen LogP contribution in [0.4, 0.5) is 19.4 Å². The van der Waals surface area contributed by atoms with Gasteiger partial charge in [-0.15, -0.1) is 0 Å². The molecule has 10 heteroatoms. The van der Waals surface area contributed by atoms with E-state index in [4.69, 9.17) is 9.47 Å². The number of aromatic nitrogens is 2. The molecule has 1 aromatic heterocycles. The second-order valence-corrected chi connectivity index (χ2v) is 8.25. The molecule has 1 amide bonds. The SMILES string of the molecule is O=C(NC(CO)CC1CCC1)Oc1cnc(N2CC(F)(F)C2)c(OCC2CC2)n1. The predicted octanol–water partition coefficient (Wildman–Crippen LogP) is 2.36. The highest BCUT2D eigenvalue weighted by atomic mass is 19.3. The molecule has 1 unspecified atom stereocenters. The lowest BCUT2D eigenvalue weighted by atomic mass is 9.81. The lowest BCUT2D eigenvalue weighted by molar-refractivity contribution is -0.0270. The van der Waals surface area contributed by atoms with Gasteiger partial charge in [0.25, 0.3) is 11.8 Å². The van der Waals surface area contributed by atoms with Gasteiger partial charge in [0.05, 0.1) is 38.5 Å². The topological polar surface area (TPSA) is 96.8 Å². The fourth-order valence-electron chi connectivity index (χ4n) is 3.46. The highest BCUT2D eigenvalue weighted by molar-refractivity contribution is 5.70. The van der Waals surface area contributed by atoms with Gasteiger partial charge in [0.1, 0.15) is 0 Å². The molecule has 2 heterocycles. The van der Waals surface area contributed by atoms with Gasteiger partial charge in [-0.05, 0) is 31.1 Å². The van der Waals surface area contributed by atoms with E-state index in [0.29, 0.717) is 24.9 Å². The van der Waals surface area contributed by atoms with Crippen LogP contribution in [-0.4, -0.2) is 59.4 Å². The lowest BCUT2D eigenvalue weighted by Crippen LogP contribution is -2.56. The largest absolute Gasteiger partial charge is 0.475 e. The Morgan fingerprint density at radius 1 is 1.31 bits per heavy atom. The zero-order valence-corrected chi connectivity index (χ0v) is 16.1. The van der Waals surface area contributed by atoms with E-state index in [9.17, 15) is 18.7 Å². The van der Waals surface area contributed by atoms with Crippen molar-refractivity contribution < 1.29 is 28.2 Å². The molecule has 2 N–H and O–H groups in total. The molecule has 1 aliphatic heterocycles. The lowest BCUT2D eigenvalue weighted by Gasteiger charge is -2.39. The number of hydrogen-bond donors (Lipinski definition) is 2. The summed E-state index contributed by atoms with van der Waals surface area (Å²) in [7, 11) is 0. The number of hydrogen-bond acceptors (Lipinski definition) is 7. The van der Waals surface area contributed by atoms with Crippen molar-refractivity contribution >= 4 is 11.9 Å². The van der Waals surface area contributed by atoms with Gasteiger partial charge in [-0.1, -0.05) is 19.3 Å². The molecule has 0 aromatic carbocycles. The number of aliphatic hydroxyl groups excluding tert-OH is 1. The molecular formula is C19H26F2N4O4. The van der Waals surface area contributed by atoms with Crippen LogP contribution >= 0.6 is 0 Å². The average Bonchev–Trinajstić information content (AvgIpc) is 3.44. The number of halogens is 2. The monoisotopic (exact) mass is 412 g/mol. The first-order valence-corrected chi connectivity index (χ1v) is 10.1. The Hall–Kier alpha value is -2.23. The van der Waals surface area contributed by atoms with Crippen molar-refractivity contribution in [3.63, 3.8) is 0 Å². The number of ether oxygens (including phenoxy) is 2. The summed E-state index contributed by atoms with van der Waals surface area (Å²) < 4.78 is 37.3. The van der Waals surface area contributed by atoms with E-state index >= 15 is 0 Å². The second kappa shape index (κ2) is 8.25. The molecular weight excluding hydrogens is 386 g/mol. The summed E-state index contributed by atoms with van der Waals surface area (Å²) in [5, 5.41) is 12.1. The van der Waals surface area contributed by atoms with Gasteiger partial charge in [-0.25, -0.2) is 18.6 Å². The number of carbonyl (C=O) groups is 1.